The molecule has 0 saturated carbocycles. The molecule has 4 nitrogen and oxygen atoms in total. The van der Waals surface area contributed by atoms with Gasteiger partial charge in [0.15, 0.2) is 0 Å². The predicted molar refractivity (Wildman–Crippen MR) is 84.5 cm³/mol. The summed E-state index contributed by atoms with van der Waals surface area (Å²) < 4.78 is 0. The van der Waals surface area contributed by atoms with Crippen LogP contribution in [0.5, 0.6) is 0 Å². The van der Waals surface area contributed by atoms with Crippen molar-refractivity contribution >= 4 is 17.3 Å². The van der Waals surface area contributed by atoms with Gasteiger partial charge in [-0.15, -0.1) is 0 Å². The third kappa shape index (κ3) is 3.44. The molecule has 0 bridgehead atoms. The summed E-state index contributed by atoms with van der Waals surface area (Å²) in [6.45, 7) is 2.34. The molecule has 1 fully saturated rings. The molecule has 1 aromatic carbocycles. The average Bonchev–Trinajstić information content (AvgIpc) is 2.69. The Hall–Kier alpha value is -0.810. The lowest BCUT2D eigenvalue weighted by atomic mass is 10.1. The standard InChI is InChI=1S/C15H24ClN3O/c1-17-8-11-5-4-6-14(16)15(11)19-10-13(20)7-12(19)9-18(2)3/h4-6,12-13,17,20H,7-10H2,1-3H3. The number of aliphatic hydroxyl groups excluding tert-OH is 1. The lowest BCUT2D eigenvalue weighted by Crippen LogP contribution is -2.38. The van der Waals surface area contributed by atoms with Crippen molar-refractivity contribution in [2.24, 2.45) is 0 Å². The van der Waals surface area contributed by atoms with Crippen molar-refractivity contribution in [3.8, 4) is 0 Å². The number of likely N-dealkylation sites (N-methyl/N-ethyl adjacent to an activating group) is 1. The molecule has 1 aliphatic rings. The van der Waals surface area contributed by atoms with Gasteiger partial charge in [0.2, 0.25) is 0 Å². The van der Waals surface area contributed by atoms with E-state index in [1.807, 2.05) is 19.2 Å². The summed E-state index contributed by atoms with van der Waals surface area (Å²) in [5, 5.41) is 14.0. The van der Waals surface area contributed by atoms with Gasteiger partial charge in [0.25, 0.3) is 0 Å². The fourth-order valence-electron chi connectivity index (χ4n) is 2.98. The van der Waals surface area contributed by atoms with Crippen molar-refractivity contribution in [3.63, 3.8) is 0 Å². The summed E-state index contributed by atoms with van der Waals surface area (Å²) in [7, 11) is 6.05. The van der Waals surface area contributed by atoms with Crippen molar-refractivity contribution < 1.29 is 5.11 Å². The first-order valence-electron chi connectivity index (χ1n) is 7.04. The molecule has 0 aliphatic carbocycles. The Morgan fingerprint density at radius 3 is 2.85 bits per heavy atom. The second-order valence-corrected chi connectivity index (χ2v) is 6.14. The quantitative estimate of drug-likeness (QED) is 0.865. The highest BCUT2D eigenvalue weighted by atomic mass is 35.5. The molecule has 5 heteroatoms. The van der Waals surface area contributed by atoms with E-state index in [4.69, 9.17) is 11.6 Å². The van der Waals surface area contributed by atoms with E-state index in [1.54, 1.807) is 0 Å². The average molecular weight is 298 g/mol. The Morgan fingerprint density at radius 2 is 2.20 bits per heavy atom. The van der Waals surface area contributed by atoms with Crippen LogP contribution in [-0.2, 0) is 6.54 Å². The molecule has 2 rings (SSSR count). The number of para-hydroxylation sites is 1. The summed E-state index contributed by atoms with van der Waals surface area (Å²) in [6.07, 6.45) is 0.515. The van der Waals surface area contributed by atoms with Crippen LogP contribution in [0.3, 0.4) is 0 Å². The number of nitrogens with one attached hydrogen (secondary N) is 1. The fourth-order valence-corrected chi connectivity index (χ4v) is 3.28. The normalized spacial score (nSPS) is 22.8. The van der Waals surface area contributed by atoms with Gasteiger partial charge in [0.1, 0.15) is 0 Å². The van der Waals surface area contributed by atoms with E-state index in [0.29, 0.717) is 12.6 Å². The molecule has 2 unspecified atom stereocenters. The van der Waals surface area contributed by atoms with E-state index in [-0.39, 0.29) is 6.10 Å². The minimum atomic E-state index is -0.279. The van der Waals surface area contributed by atoms with Crippen LogP contribution in [0.15, 0.2) is 18.2 Å². The van der Waals surface area contributed by atoms with Gasteiger partial charge in [-0.05, 0) is 39.2 Å². The van der Waals surface area contributed by atoms with Crippen LogP contribution < -0.4 is 10.2 Å². The van der Waals surface area contributed by atoms with Crippen LogP contribution in [-0.4, -0.2) is 56.4 Å². The van der Waals surface area contributed by atoms with E-state index < -0.39 is 0 Å². The van der Waals surface area contributed by atoms with Crippen LogP contribution in [0, 0.1) is 0 Å². The van der Waals surface area contributed by atoms with Gasteiger partial charge in [-0.3, -0.25) is 0 Å². The van der Waals surface area contributed by atoms with Crippen LogP contribution >= 0.6 is 11.6 Å². The molecule has 0 aromatic heterocycles. The zero-order chi connectivity index (χ0) is 14.7. The number of anilines is 1. The summed E-state index contributed by atoms with van der Waals surface area (Å²) in [6, 6.07) is 6.30. The Bertz CT molecular complexity index is 453. The van der Waals surface area contributed by atoms with Gasteiger partial charge >= 0.3 is 0 Å². The number of β-amino-alcohol motifs (C(OH)–C–C–N with tert-alkyl or cyclic N) is 1. The second-order valence-electron chi connectivity index (χ2n) is 5.74. The summed E-state index contributed by atoms with van der Waals surface area (Å²) in [5.74, 6) is 0. The molecule has 0 spiro atoms. The predicted octanol–water partition coefficient (Wildman–Crippen LogP) is 1.56. The highest BCUT2D eigenvalue weighted by Gasteiger charge is 2.33. The molecule has 2 N–H and O–H groups in total. The molecule has 2 atom stereocenters. The number of aliphatic hydroxyl groups is 1. The number of hydrogen-bond donors (Lipinski definition) is 2. The number of nitrogens with zero attached hydrogens (tertiary/aromatic N) is 2. The van der Waals surface area contributed by atoms with Crippen molar-refractivity contribution in [2.75, 3.05) is 39.1 Å². The first-order chi connectivity index (χ1) is 9.52. The summed E-state index contributed by atoms with van der Waals surface area (Å²) >= 11 is 6.43. The fraction of sp³-hybridized carbons (Fsp3) is 0.600. The van der Waals surface area contributed by atoms with Crippen LogP contribution in [0.2, 0.25) is 5.02 Å². The van der Waals surface area contributed by atoms with Gasteiger partial charge < -0.3 is 20.2 Å². The van der Waals surface area contributed by atoms with Crippen molar-refractivity contribution in [1.29, 1.82) is 0 Å². The highest BCUT2D eigenvalue weighted by molar-refractivity contribution is 6.33. The molecule has 1 aliphatic heterocycles. The van der Waals surface area contributed by atoms with Crippen LogP contribution in [0.25, 0.3) is 0 Å². The Labute approximate surface area is 126 Å². The minimum Gasteiger partial charge on any atom is -0.391 e. The van der Waals surface area contributed by atoms with Gasteiger partial charge in [-0.1, -0.05) is 23.7 Å². The van der Waals surface area contributed by atoms with Crippen molar-refractivity contribution in [3.05, 3.63) is 28.8 Å². The number of halogens is 1. The maximum Gasteiger partial charge on any atom is 0.0735 e. The lowest BCUT2D eigenvalue weighted by molar-refractivity contribution is 0.191. The Kier molecular flexibility index (Phi) is 5.27. The first kappa shape index (κ1) is 15.6. The third-order valence-corrected chi connectivity index (χ3v) is 4.00. The Morgan fingerprint density at radius 1 is 1.45 bits per heavy atom. The molecule has 1 aromatic rings. The summed E-state index contributed by atoms with van der Waals surface area (Å²) in [4.78, 5) is 4.42. The number of rotatable bonds is 5. The van der Waals surface area contributed by atoms with E-state index in [2.05, 4.69) is 35.3 Å². The molecule has 1 saturated heterocycles. The first-order valence-corrected chi connectivity index (χ1v) is 7.42. The molecular formula is C15H24ClN3O. The van der Waals surface area contributed by atoms with E-state index in [1.165, 1.54) is 5.56 Å². The molecule has 0 radical (unpaired) electrons. The SMILES string of the molecule is CNCc1cccc(Cl)c1N1CC(O)CC1CN(C)C. The summed E-state index contributed by atoms with van der Waals surface area (Å²) in [5.41, 5.74) is 2.24. The zero-order valence-electron chi connectivity index (χ0n) is 12.4. The number of benzene rings is 1. The Balaban J connectivity index is 2.33. The van der Waals surface area contributed by atoms with Crippen LogP contribution in [0.1, 0.15) is 12.0 Å². The maximum atomic E-state index is 10.0. The molecule has 1 heterocycles. The monoisotopic (exact) mass is 297 g/mol. The van der Waals surface area contributed by atoms with Gasteiger partial charge in [0.05, 0.1) is 16.8 Å². The van der Waals surface area contributed by atoms with E-state index in [0.717, 1.165) is 30.2 Å². The van der Waals surface area contributed by atoms with E-state index >= 15 is 0 Å². The smallest absolute Gasteiger partial charge is 0.0735 e. The molecule has 0 amide bonds. The lowest BCUT2D eigenvalue weighted by Gasteiger charge is -2.31. The van der Waals surface area contributed by atoms with Gasteiger partial charge in [-0.2, -0.15) is 0 Å². The largest absolute Gasteiger partial charge is 0.391 e. The van der Waals surface area contributed by atoms with Crippen LogP contribution in [0.4, 0.5) is 5.69 Å². The molecule has 112 valence electrons. The number of hydrogen-bond acceptors (Lipinski definition) is 4. The van der Waals surface area contributed by atoms with Crippen molar-refractivity contribution in [1.82, 2.24) is 10.2 Å². The molecule has 20 heavy (non-hydrogen) atoms. The minimum absolute atomic E-state index is 0.279. The van der Waals surface area contributed by atoms with Gasteiger partial charge in [-0.25, -0.2) is 0 Å². The highest BCUT2D eigenvalue weighted by Crippen LogP contribution is 2.35. The third-order valence-electron chi connectivity index (χ3n) is 3.69. The maximum absolute atomic E-state index is 10.0. The van der Waals surface area contributed by atoms with E-state index in [9.17, 15) is 5.11 Å². The van der Waals surface area contributed by atoms with Crippen molar-refractivity contribution in [2.45, 2.75) is 25.1 Å². The van der Waals surface area contributed by atoms with Gasteiger partial charge in [0, 0.05) is 25.7 Å². The zero-order valence-corrected chi connectivity index (χ0v) is 13.2. The topological polar surface area (TPSA) is 38.7 Å². The molecular weight excluding hydrogens is 274 g/mol. The second kappa shape index (κ2) is 6.76.